The largest absolute Gasteiger partial charge is 0.493 e. The standard InChI is InChI=1S/C35H38ClF3N2O3/c1-22(21-44-30-12-17-40-29-11-5-10-28(31(29)30)35(37,38)39)18-24-19-23-6-2-3-9-27(23)33(24)13-15-34(16-14-33,32(42)43)41-26-8-4-7-25(36)20-26/h2-4,6-9,12,17,20,22,24,28,41H,5,10-11,13-16,18-19,21H2,1H3,(H,42,43)/t22-,24+,28-,33?,34?/m1/s1. The van der Waals surface area contributed by atoms with Crippen molar-refractivity contribution in [3.63, 3.8) is 0 Å². The zero-order valence-electron chi connectivity index (χ0n) is 24.8. The number of fused-ring (bicyclic) bond motifs is 3. The first-order valence-electron chi connectivity index (χ1n) is 15.5. The van der Waals surface area contributed by atoms with Crippen molar-refractivity contribution in [2.75, 3.05) is 11.9 Å². The van der Waals surface area contributed by atoms with Crippen molar-refractivity contribution in [3.05, 3.63) is 88.2 Å². The molecule has 1 aromatic heterocycles. The zero-order chi connectivity index (χ0) is 31.1. The van der Waals surface area contributed by atoms with Crippen LogP contribution in [0.4, 0.5) is 18.9 Å². The summed E-state index contributed by atoms with van der Waals surface area (Å²) in [6.45, 7) is 2.40. The maximum atomic E-state index is 13.9. The number of hydrogen-bond acceptors (Lipinski definition) is 4. The molecule has 1 saturated carbocycles. The molecule has 3 aliphatic rings. The van der Waals surface area contributed by atoms with Gasteiger partial charge in [-0.05, 0) is 110 Å². The fourth-order valence-electron chi connectivity index (χ4n) is 8.13. The minimum atomic E-state index is -4.34. The predicted octanol–water partition coefficient (Wildman–Crippen LogP) is 8.74. The Hall–Kier alpha value is -3.26. The molecule has 1 fully saturated rings. The van der Waals surface area contributed by atoms with Crippen LogP contribution in [0.2, 0.25) is 5.02 Å². The molecule has 1 spiro atoms. The zero-order valence-corrected chi connectivity index (χ0v) is 25.6. The molecule has 5 nitrogen and oxygen atoms in total. The molecule has 0 bridgehead atoms. The fourth-order valence-corrected chi connectivity index (χ4v) is 8.32. The number of pyridine rings is 1. The molecule has 3 aliphatic carbocycles. The van der Waals surface area contributed by atoms with Gasteiger partial charge in [0.25, 0.3) is 0 Å². The number of carboxylic acids is 1. The van der Waals surface area contributed by atoms with Crippen LogP contribution in [-0.2, 0) is 23.1 Å². The number of carboxylic acid groups (broad SMARTS) is 1. The summed E-state index contributed by atoms with van der Waals surface area (Å²) in [5.74, 6) is -1.77. The van der Waals surface area contributed by atoms with Crippen LogP contribution >= 0.6 is 11.6 Å². The van der Waals surface area contributed by atoms with E-state index in [1.165, 1.54) is 11.1 Å². The van der Waals surface area contributed by atoms with Crippen molar-refractivity contribution in [3.8, 4) is 5.75 Å². The summed E-state index contributed by atoms with van der Waals surface area (Å²) in [6, 6.07) is 17.2. The molecule has 9 heteroatoms. The van der Waals surface area contributed by atoms with E-state index in [1.807, 2.05) is 12.1 Å². The molecule has 234 valence electrons. The Morgan fingerprint density at radius 2 is 1.91 bits per heavy atom. The molecular weight excluding hydrogens is 589 g/mol. The van der Waals surface area contributed by atoms with Crippen LogP contribution in [0.5, 0.6) is 5.75 Å². The maximum absolute atomic E-state index is 13.9. The van der Waals surface area contributed by atoms with Gasteiger partial charge in [-0.15, -0.1) is 0 Å². The lowest BCUT2D eigenvalue weighted by Gasteiger charge is -2.47. The van der Waals surface area contributed by atoms with Crippen LogP contribution in [0.15, 0.2) is 60.8 Å². The fraction of sp³-hybridized carbons (Fsp3) is 0.486. The number of alkyl halides is 3. The number of aliphatic carboxylic acids is 1. The van der Waals surface area contributed by atoms with Gasteiger partial charge in [-0.2, -0.15) is 13.2 Å². The molecule has 0 unspecified atom stereocenters. The molecule has 3 aromatic rings. The number of ether oxygens (including phenoxy) is 1. The van der Waals surface area contributed by atoms with Crippen molar-refractivity contribution in [2.45, 2.75) is 87.8 Å². The Bertz CT molecular complexity index is 1520. The first-order chi connectivity index (χ1) is 21.0. The van der Waals surface area contributed by atoms with E-state index in [-0.39, 0.29) is 29.2 Å². The third kappa shape index (κ3) is 5.78. The summed E-state index contributed by atoms with van der Waals surface area (Å²) in [5.41, 5.74) is 2.72. The maximum Gasteiger partial charge on any atom is 0.395 e. The summed E-state index contributed by atoms with van der Waals surface area (Å²) in [6.07, 6.45) is 2.34. The molecule has 0 saturated heterocycles. The van der Waals surface area contributed by atoms with Crippen LogP contribution in [0, 0.1) is 11.8 Å². The Morgan fingerprint density at radius 3 is 2.64 bits per heavy atom. The number of carbonyl (C=O) groups is 1. The molecule has 6 rings (SSSR count). The minimum Gasteiger partial charge on any atom is -0.493 e. The van der Waals surface area contributed by atoms with E-state index >= 15 is 0 Å². The van der Waals surface area contributed by atoms with Crippen molar-refractivity contribution in [2.24, 2.45) is 11.8 Å². The lowest BCUT2D eigenvalue weighted by molar-refractivity contribution is -0.153. The van der Waals surface area contributed by atoms with Gasteiger partial charge in [-0.3, -0.25) is 4.98 Å². The van der Waals surface area contributed by atoms with Crippen LogP contribution < -0.4 is 10.1 Å². The van der Waals surface area contributed by atoms with E-state index in [0.717, 1.165) is 12.8 Å². The lowest BCUT2D eigenvalue weighted by Crippen LogP contribution is -2.53. The first kappa shape index (κ1) is 30.8. The molecule has 44 heavy (non-hydrogen) atoms. The van der Waals surface area contributed by atoms with Gasteiger partial charge in [0.1, 0.15) is 11.3 Å². The number of benzene rings is 2. The van der Waals surface area contributed by atoms with E-state index in [0.29, 0.717) is 67.3 Å². The number of aromatic nitrogens is 1. The van der Waals surface area contributed by atoms with E-state index in [9.17, 15) is 23.1 Å². The molecule has 3 atom stereocenters. The second kappa shape index (κ2) is 11.9. The van der Waals surface area contributed by atoms with E-state index < -0.39 is 23.6 Å². The van der Waals surface area contributed by atoms with Crippen molar-refractivity contribution < 1.29 is 27.8 Å². The average molecular weight is 627 g/mol. The normalized spacial score (nSPS) is 26.9. The molecule has 0 amide bonds. The van der Waals surface area contributed by atoms with E-state index in [1.54, 1.807) is 24.4 Å². The second-order valence-corrected chi connectivity index (χ2v) is 13.5. The molecule has 2 N–H and O–H groups in total. The van der Waals surface area contributed by atoms with Crippen molar-refractivity contribution in [1.29, 1.82) is 0 Å². The van der Waals surface area contributed by atoms with Gasteiger partial charge in [0, 0.05) is 28.2 Å². The highest BCUT2D eigenvalue weighted by Gasteiger charge is 2.54. The number of aryl methyl sites for hydroxylation is 1. The van der Waals surface area contributed by atoms with Crippen molar-refractivity contribution >= 4 is 23.3 Å². The SMILES string of the molecule is C[C@@H](COc1ccnc2c1[C@H](C(F)(F)F)CCC2)C[C@H]1Cc2ccccc2C12CCC(Nc1cccc(Cl)c1)(C(=O)O)CC2. The van der Waals surface area contributed by atoms with Crippen LogP contribution in [-0.4, -0.2) is 34.4 Å². The van der Waals surface area contributed by atoms with Gasteiger partial charge in [-0.1, -0.05) is 48.9 Å². The smallest absolute Gasteiger partial charge is 0.395 e. The summed E-state index contributed by atoms with van der Waals surface area (Å²) < 4.78 is 47.9. The molecule has 2 aromatic carbocycles. The van der Waals surface area contributed by atoms with Crippen molar-refractivity contribution in [1.82, 2.24) is 4.98 Å². The number of nitrogens with zero attached hydrogens (tertiary/aromatic N) is 1. The summed E-state index contributed by atoms with van der Waals surface area (Å²) in [5, 5.41) is 14.3. The first-order valence-corrected chi connectivity index (χ1v) is 15.9. The Labute approximate surface area is 261 Å². The van der Waals surface area contributed by atoms with Gasteiger partial charge in [0.05, 0.1) is 12.5 Å². The monoisotopic (exact) mass is 626 g/mol. The highest BCUT2D eigenvalue weighted by Crippen LogP contribution is 2.56. The molecule has 0 radical (unpaired) electrons. The quantitative estimate of drug-likeness (QED) is 0.262. The third-order valence-electron chi connectivity index (χ3n) is 10.3. The van der Waals surface area contributed by atoms with Crippen LogP contribution in [0.1, 0.15) is 80.2 Å². The van der Waals surface area contributed by atoms with Gasteiger partial charge >= 0.3 is 12.1 Å². The summed E-state index contributed by atoms with van der Waals surface area (Å²) in [7, 11) is 0. The van der Waals surface area contributed by atoms with Gasteiger partial charge in [0.2, 0.25) is 0 Å². The average Bonchev–Trinajstić information content (AvgIpc) is 3.28. The molecule has 1 heterocycles. The second-order valence-electron chi connectivity index (χ2n) is 13.0. The van der Waals surface area contributed by atoms with Gasteiger partial charge in [-0.25, -0.2) is 4.79 Å². The summed E-state index contributed by atoms with van der Waals surface area (Å²) >= 11 is 6.19. The lowest BCUT2D eigenvalue weighted by atomic mass is 9.59. The van der Waals surface area contributed by atoms with Gasteiger partial charge in [0.15, 0.2) is 0 Å². The molecular formula is C35H38ClF3N2O3. The van der Waals surface area contributed by atoms with Crippen LogP contribution in [0.25, 0.3) is 0 Å². The van der Waals surface area contributed by atoms with Crippen LogP contribution in [0.3, 0.4) is 0 Å². The van der Waals surface area contributed by atoms with E-state index in [4.69, 9.17) is 16.3 Å². The molecule has 0 aliphatic heterocycles. The Morgan fingerprint density at radius 1 is 1.14 bits per heavy atom. The number of rotatable bonds is 8. The third-order valence-corrected chi connectivity index (χ3v) is 10.5. The topological polar surface area (TPSA) is 71.5 Å². The minimum absolute atomic E-state index is 0.0565. The van der Waals surface area contributed by atoms with E-state index in [2.05, 4.69) is 41.5 Å². The predicted molar refractivity (Wildman–Crippen MR) is 164 cm³/mol. The van der Waals surface area contributed by atoms with Gasteiger partial charge < -0.3 is 15.2 Å². The number of nitrogens with one attached hydrogen (secondary N) is 1. The Balaban J connectivity index is 1.19. The number of hydrogen-bond donors (Lipinski definition) is 2. The summed E-state index contributed by atoms with van der Waals surface area (Å²) in [4.78, 5) is 16.9. The Kier molecular flexibility index (Phi) is 8.33. The number of anilines is 1. The highest BCUT2D eigenvalue weighted by atomic mass is 35.5. The highest BCUT2D eigenvalue weighted by molar-refractivity contribution is 6.30. The number of halogens is 4.